The van der Waals surface area contributed by atoms with E-state index in [0.717, 1.165) is 200 Å². The van der Waals surface area contributed by atoms with Crippen molar-refractivity contribution in [1.82, 2.24) is 0 Å². The molecule has 23 rings (SSSR count). The van der Waals surface area contributed by atoms with Crippen LogP contribution in [0.25, 0.3) is 204 Å². The van der Waals surface area contributed by atoms with Gasteiger partial charge >= 0.3 is 0 Å². The molecule has 0 saturated heterocycles. The summed E-state index contributed by atoms with van der Waals surface area (Å²) >= 11 is 0. The fraction of sp³-hybridized carbons (Fsp3) is 0.126. The summed E-state index contributed by atoms with van der Waals surface area (Å²) in [5.41, 5.74) is 30.6. The summed E-state index contributed by atoms with van der Waals surface area (Å²) in [5, 5.41) is 9.45. The van der Waals surface area contributed by atoms with Gasteiger partial charge in [0.15, 0.2) is 31.0 Å². The number of nitrogens with zero attached hydrogens (tertiary/aromatic N) is 6. The summed E-state index contributed by atoms with van der Waals surface area (Å²) in [4.78, 5) is 3.76. The van der Waals surface area contributed by atoms with Crippen LogP contribution in [0.15, 0.2) is 356 Å². The predicted octanol–water partition coefficient (Wildman–Crippen LogP) is 29.7. The second-order valence-corrected chi connectivity index (χ2v) is 34.7. The van der Waals surface area contributed by atoms with E-state index in [1.54, 1.807) is 24.3 Å². The molecule has 0 bridgehead atoms. The van der Waals surface area contributed by atoms with Crippen molar-refractivity contribution >= 4 is 115 Å². The third kappa shape index (κ3) is 15.9. The number of aryl methyl sites for hydroxylation is 11. The van der Waals surface area contributed by atoms with E-state index < -0.39 is 0 Å². The molecule has 656 valence electrons. The minimum absolute atomic E-state index is 0.0571. The number of furan rings is 5. The van der Waals surface area contributed by atoms with Gasteiger partial charge in [0.25, 0.3) is 0 Å². The van der Waals surface area contributed by atoms with Crippen LogP contribution in [-0.2, 0) is 41.7 Å². The predicted molar refractivity (Wildman–Crippen MR) is 531 cm³/mol. The van der Waals surface area contributed by atoms with Crippen molar-refractivity contribution in [3.05, 3.63) is 408 Å². The highest BCUT2D eigenvalue weighted by atomic mass is 19.1. The van der Waals surface area contributed by atoms with Gasteiger partial charge in [-0.3, -0.25) is 0 Å². The zero-order valence-electron chi connectivity index (χ0n) is 76.8. The molecule has 10 aromatic heterocycles. The first-order valence-corrected chi connectivity index (χ1v) is 44.9. The van der Waals surface area contributed by atoms with Crippen molar-refractivity contribution in [1.29, 1.82) is 0 Å². The van der Waals surface area contributed by atoms with Crippen LogP contribution in [0.2, 0.25) is 0 Å². The fourth-order valence-electron chi connectivity index (χ4n) is 18.9. The number of halogens is 4. The average Bonchev–Trinajstić information content (AvgIpc) is 1.63. The topological polar surface area (TPSA) is 89.5 Å². The number of fused-ring (bicyclic) bond motifs is 15. The molecule has 11 nitrogen and oxygen atoms in total. The third-order valence-electron chi connectivity index (χ3n) is 25.7. The lowest BCUT2D eigenvalue weighted by Gasteiger charge is -2.07. The molecule has 0 saturated carbocycles. The van der Waals surface area contributed by atoms with Gasteiger partial charge in [-0.15, -0.1) is 0 Å². The number of pyridine rings is 5. The Morgan fingerprint density at radius 1 is 0.284 bits per heavy atom. The largest absolute Gasteiger partial charge is 0.466 e. The summed E-state index contributed by atoms with van der Waals surface area (Å²) in [6.07, 6.45) is 10.9. The van der Waals surface area contributed by atoms with Gasteiger partial charge in [0.1, 0.15) is 114 Å². The fourth-order valence-corrected chi connectivity index (χ4v) is 18.9. The highest BCUT2D eigenvalue weighted by Gasteiger charge is 2.30. The van der Waals surface area contributed by atoms with Gasteiger partial charge in [-0.05, 0) is 170 Å². The summed E-state index contributed by atoms with van der Waals surface area (Å²) in [7, 11) is 10.1. The number of hydrogen-bond acceptors (Lipinski definition) is 5. The van der Waals surface area contributed by atoms with E-state index >= 15 is 0 Å². The van der Waals surface area contributed by atoms with Crippen LogP contribution in [0.5, 0.6) is 0 Å². The highest BCUT2D eigenvalue weighted by molar-refractivity contribution is 6.17. The van der Waals surface area contributed by atoms with Crippen molar-refractivity contribution in [3.8, 4) is 89.7 Å². The standard InChI is InChI=1S/3C25H19FNO.C22H21FNO.C22H19N2O/c1-16-11-12-19-21-15-18(26)14-20(17-8-4-3-5-9-17)24(21)28-25(19)23(16)22-10-6-7-13-27(22)2;1-16-11-12-18-20-14-21(26)19(17-8-4-3-5-9-17)15-23(20)28-25(18)24(16)22-10-6-7-13-27(22)2;1-16-11-12-18-20-14-19(17-8-4-3-5-9-17)21(26)15-23(20)28-25(18)24(16)22-10-6-7-13-27(22)2;1-13(2)19-17(23)11-10-16-15-9-8-14(3)20(22(15)25-21(16)19)18-7-5-6-12-24(18)4;1-5-15-10-12-17-16-11-9-14(2)19(18-8-6-7-13-24(18)4)21(16)25-22(17)20(15)23-3/h3*3-15H,1-2H3;5-13H,1-4H3;6-13H,5H2,1-2,4H3/q5*+1. The Labute approximate surface area is 773 Å². The minimum Gasteiger partial charge on any atom is -0.466 e. The van der Waals surface area contributed by atoms with E-state index in [0.29, 0.717) is 50.3 Å². The van der Waals surface area contributed by atoms with Crippen molar-refractivity contribution in [2.24, 2.45) is 35.2 Å². The lowest BCUT2D eigenvalue weighted by Crippen LogP contribution is -2.30. The maximum Gasteiger partial charge on any atom is 0.232 e. The maximum absolute atomic E-state index is 14.9. The first-order valence-electron chi connectivity index (χ1n) is 44.9. The quantitative estimate of drug-likeness (QED) is 0.0773. The Hall–Kier alpha value is -16.2. The molecule has 0 atom stereocenters. The van der Waals surface area contributed by atoms with Crippen LogP contribution in [0.1, 0.15) is 65.6 Å². The second-order valence-electron chi connectivity index (χ2n) is 34.7. The molecule has 10 heterocycles. The molecular weight excluding hydrogens is 1670 g/mol. The van der Waals surface area contributed by atoms with Crippen LogP contribution in [0, 0.1) is 64.5 Å². The molecule has 0 unspecified atom stereocenters. The molecule has 0 amide bonds. The van der Waals surface area contributed by atoms with E-state index in [2.05, 4.69) is 154 Å². The van der Waals surface area contributed by atoms with Crippen LogP contribution >= 0.6 is 0 Å². The number of aromatic nitrogens is 5. The van der Waals surface area contributed by atoms with Crippen molar-refractivity contribution in [2.75, 3.05) is 0 Å². The molecule has 0 aliphatic rings. The third-order valence-corrected chi connectivity index (χ3v) is 25.7. The second kappa shape index (κ2) is 36.3. The van der Waals surface area contributed by atoms with Crippen molar-refractivity contribution in [2.45, 2.75) is 67.7 Å². The molecule has 13 aromatic carbocycles. The summed E-state index contributed by atoms with van der Waals surface area (Å²) in [5.74, 6) is -0.928. The molecule has 0 spiro atoms. The Kier molecular flexibility index (Phi) is 23.6. The summed E-state index contributed by atoms with van der Waals surface area (Å²) in [6.45, 7) is 24.1. The average molecular weight is 1770 g/mol. The lowest BCUT2D eigenvalue weighted by molar-refractivity contribution is -0.660. The van der Waals surface area contributed by atoms with E-state index in [4.69, 9.17) is 28.7 Å². The molecule has 23 aromatic rings. The van der Waals surface area contributed by atoms with Gasteiger partial charge in [-0.2, -0.15) is 0 Å². The van der Waals surface area contributed by atoms with E-state index in [1.165, 1.54) is 6.07 Å². The normalized spacial score (nSPS) is 11.4. The van der Waals surface area contributed by atoms with Crippen LogP contribution in [0.4, 0.5) is 23.2 Å². The molecule has 0 radical (unpaired) electrons. The molecule has 0 aliphatic heterocycles. The smallest absolute Gasteiger partial charge is 0.232 e. The van der Waals surface area contributed by atoms with Gasteiger partial charge < -0.3 is 22.1 Å². The van der Waals surface area contributed by atoms with Gasteiger partial charge in [-0.25, -0.2) is 45.2 Å². The Morgan fingerprint density at radius 2 is 0.597 bits per heavy atom. The number of hydrogen-bond donors (Lipinski definition) is 0. The van der Waals surface area contributed by atoms with Gasteiger partial charge in [0.05, 0.1) is 34.4 Å². The van der Waals surface area contributed by atoms with E-state index in [1.807, 2.05) is 268 Å². The Balaban J connectivity index is 0.000000108. The lowest BCUT2D eigenvalue weighted by atomic mass is 9.97. The first kappa shape index (κ1) is 87.2. The molecule has 0 fully saturated rings. The van der Waals surface area contributed by atoms with E-state index in [9.17, 15) is 17.6 Å². The molecule has 15 heteroatoms. The zero-order chi connectivity index (χ0) is 93.0. The number of benzene rings is 13. The molecule has 134 heavy (non-hydrogen) atoms. The number of rotatable bonds is 10. The van der Waals surface area contributed by atoms with Gasteiger partial charge in [0.2, 0.25) is 34.2 Å². The monoisotopic (exact) mass is 1770 g/mol. The highest BCUT2D eigenvalue weighted by Crippen LogP contribution is 2.48. The maximum atomic E-state index is 14.9. The zero-order valence-corrected chi connectivity index (χ0v) is 76.8. The van der Waals surface area contributed by atoms with Crippen molar-refractivity contribution < 1.29 is 62.5 Å². The Morgan fingerprint density at radius 3 is 0.993 bits per heavy atom. The van der Waals surface area contributed by atoms with Crippen molar-refractivity contribution in [3.63, 3.8) is 0 Å². The molecular formula is C119H97F4N6O5+5. The van der Waals surface area contributed by atoms with Crippen LogP contribution in [-0.4, -0.2) is 0 Å². The Bertz CT molecular complexity index is 8540. The van der Waals surface area contributed by atoms with Gasteiger partial charge in [-0.1, -0.05) is 185 Å². The van der Waals surface area contributed by atoms with Crippen LogP contribution in [0.3, 0.4) is 0 Å². The SMILES string of the molecule is Cc1ccc2c(oc3c(-c4ccccc4)cc(F)cc32)c1-c1cccc[n+]1C.Cc1ccc2c(oc3c(C(C)C)c(F)ccc32)c1-c1cccc[n+]1C.Cc1ccc2c(oc3cc(-c4ccccc4)c(F)cc32)c1-c1cccc[n+]1C.Cc1ccc2c(oc3cc(F)c(-c4ccccc4)cc32)c1-c1cccc[n+]1C.[C-]#[N+]c1c(CC)ccc2c1oc1c(-c3cccc[n+]3C)c(C)ccc12. The first-order chi connectivity index (χ1) is 65.0. The summed E-state index contributed by atoms with van der Waals surface area (Å²) < 4.78 is 101. The van der Waals surface area contributed by atoms with E-state index in [-0.39, 0.29) is 29.2 Å². The summed E-state index contributed by atoms with van der Waals surface area (Å²) in [6, 6.07) is 97.7. The van der Waals surface area contributed by atoms with Gasteiger partial charge in [0, 0.05) is 143 Å². The van der Waals surface area contributed by atoms with Crippen LogP contribution < -0.4 is 22.8 Å². The molecule has 0 N–H and O–H groups in total. The molecule has 0 aliphatic carbocycles. The minimum atomic E-state index is -0.277.